The predicted molar refractivity (Wildman–Crippen MR) is 153 cm³/mol. The molecule has 7 nitrogen and oxygen atoms in total. The molecule has 0 atom stereocenters. The number of ether oxygens (including phenoxy) is 1. The van der Waals surface area contributed by atoms with E-state index in [9.17, 15) is 0 Å². The molecule has 3 aromatic rings. The molecular formula is C30H40N6O. The van der Waals surface area contributed by atoms with Crippen molar-refractivity contribution in [1.29, 1.82) is 5.26 Å². The molecule has 2 aromatic carbocycles. The average Bonchev–Trinajstić information content (AvgIpc) is 2.91. The van der Waals surface area contributed by atoms with Gasteiger partial charge in [0.05, 0.1) is 29.4 Å². The first-order valence-corrected chi connectivity index (χ1v) is 13.4. The maximum absolute atomic E-state index is 9.15. The van der Waals surface area contributed by atoms with Gasteiger partial charge < -0.3 is 21.1 Å². The Labute approximate surface area is 221 Å². The van der Waals surface area contributed by atoms with Crippen molar-refractivity contribution in [1.82, 2.24) is 15.6 Å². The Kier molecular flexibility index (Phi) is 11.7. The number of nitriles is 1. The number of nitrogens with one attached hydrogen (secondary N) is 2. The van der Waals surface area contributed by atoms with Crippen molar-refractivity contribution >= 4 is 28.4 Å². The lowest BCUT2D eigenvalue weighted by Gasteiger charge is -2.13. The van der Waals surface area contributed by atoms with Crippen LogP contribution < -0.4 is 16.4 Å². The standard InChI is InChI=1S/C30H40N6O/c1-3-4-6-13-25-21-27-24(14-10-16-28(27)36-29(25)32)12-7-5-8-17-33-30(34-18-19-37-2)35-26-15-9-11-23(20-26)22-31/h9-11,14-16,20-21H,3-8,12-13,17-19H2,1-2H3,(H2,32,36)(H2,33,34,35). The fourth-order valence-corrected chi connectivity index (χ4v) is 4.31. The van der Waals surface area contributed by atoms with E-state index >= 15 is 0 Å². The van der Waals surface area contributed by atoms with E-state index in [2.05, 4.69) is 57.9 Å². The van der Waals surface area contributed by atoms with Crippen LogP contribution in [0.1, 0.15) is 62.1 Å². The van der Waals surface area contributed by atoms with Crippen molar-refractivity contribution in [2.45, 2.75) is 58.3 Å². The summed E-state index contributed by atoms with van der Waals surface area (Å²) in [5, 5.41) is 17.1. The molecule has 3 rings (SSSR count). The maximum Gasteiger partial charge on any atom is 0.196 e. The van der Waals surface area contributed by atoms with Gasteiger partial charge in [0.25, 0.3) is 0 Å². The minimum absolute atomic E-state index is 0.588. The number of aliphatic imine (C=N–C) groups is 1. The third kappa shape index (κ3) is 9.07. The molecule has 0 bridgehead atoms. The molecule has 1 aromatic heterocycles. The van der Waals surface area contributed by atoms with Gasteiger partial charge in [-0.1, -0.05) is 44.4 Å². The van der Waals surface area contributed by atoms with Crippen LogP contribution in [0.2, 0.25) is 0 Å². The molecule has 1 heterocycles. The molecule has 7 heteroatoms. The fourth-order valence-electron chi connectivity index (χ4n) is 4.31. The van der Waals surface area contributed by atoms with Gasteiger partial charge in [-0.25, -0.2) is 9.98 Å². The minimum atomic E-state index is 0.588. The number of benzene rings is 2. The van der Waals surface area contributed by atoms with E-state index in [1.165, 1.54) is 29.4 Å². The van der Waals surface area contributed by atoms with Crippen LogP contribution in [0.15, 0.2) is 53.5 Å². The SMILES string of the molecule is CCCCCc1cc2c(CCCCCN/C(=N\c3cccc(C#N)c3)NCCOC)cccc2nc1N. The Bertz CT molecular complexity index is 1200. The molecule has 196 valence electrons. The van der Waals surface area contributed by atoms with E-state index < -0.39 is 0 Å². The summed E-state index contributed by atoms with van der Waals surface area (Å²) in [5.74, 6) is 1.36. The molecule has 37 heavy (non-hydrogen) atoms. The number of rotatable bonds is 14. The number of unbranched alkanes of at least 4 members (excludes halogenated alkanes) is 4. The molecule has 0 amide bonds. The number of pyridine rings is 1. The van der Waals surface area contributed by atoms with E-state index in [4.69, 9.17) is 15.7 Å². The van der Waals surface area contributed by atoms with Gasteiger partial charge in [-0.05, 0) is 73.6 Å². The number of fused-ring (bicyclic) bond motifs is 1. The van der Waals surface area contributed by atoms with Gasteiger partial charge in [0, 0.05) is 25.6 Å². The zero-order valence-electron chi connectivity index (χ0n) is 22.2. The summed E-state index contributed by atoms with van der Waals surface area (Å²) in [5.41, 5.74) is 11.1. The normalized spacial score (nSPS) is 11.4. The first kappa shape index (κ1) is 27.9. The summed E-state index contributed by atoms with van der Waals surface area (Å²) in [4.78, 5) is 9.34. The van der Waals surface area contributed by atoms with Crippen LogP contribution in [-0.2, 0) is 17.6 Å². The zero-order chi connectivity index (χ0) is 26.3. The van der Waals surface area contributed by atoms with Gasteiger partial charge in [0.2, 0.25) is 0 Å². The molecule has 0 saturated heterocycles. The van der Waals surface area contributed by atoms with Crippen LogP contribution in [0.5, 0.6) is 0 Å². The third-order valence-corrected chi connectivity index (χ3v) is 6.34. The van der Waals surface area contributed by atoms with Crippen LogP contribution in [0.3, 0.4) is 0 Å². The summed E-state index contributed by atoms with van der Waals surface area (Å²) >= 11 is 0. The summed E-state index contributed by atoms with van der Waals surface area (Å²) in [6.07, 6.45) is 8.81. The molecule has 0 saturated carbocycles. The highest BCUT2D eigenvalue weighted by Crippen LogP contribution is 2.25. The van der Waals surface area contributed by atoms with Crippen LogP contribution >= 0.6 is 0 Å². The Balaban J connectivity index is 1.53. The lowest BCUT2D eigenvalue weighted by Crippen LogP contribution is -2.39. The van der Waals surface area contributed by atoms with Crippen molar-refractivity contribution in [3.8, 4) is 6.07 Å². The van der Waals surface area contributed by atoms with Crippen LogP contribution in [-0.4, -0.2) is 37.7 Å². The van der Waals surface area contributed by atoms with Gasteiger partial charge in [-0.3, -0.25) is 0 Å². The second-order valence-corrected chi connectivity index (χ2v) is 9.25. The second-order valence-electron chi connectivity index (χ2n) is 9.25. The number of aromatic nitrogens is 1. The zero-order valence-corrected chi connectivity index (χ0v) is 22.2. The van der Waals surface area contributed by atoms with Crippen molar-refractivity contribution in [2.75, 3.05) is 32.5 Å². The van der Waals surface area contributed by atoms with E-state index in [1.807, 2.05) is 12.1 Å². The Morgan fingerprint density at radius 2 is 1.76 bits per heavy atom. The summed E-state index contributed by atoms with van der Waals surface area (Å²) < 4.78 is 5.15. The van der Waals surface area contributed by atoms with Crippen LogP contribution in [0.4, 0.5) is 11.5 Å². The Morgan fingerprint density at radius 3 is 2.57 bits per heavy atom. The topological polar surface area (TPSA) is 108 Å². The number of aryl methyl sites for hydroxylation is 2. The summed E-state index contributed by atoms with van der Waals surface area (Å²) in [6.45, 7) is 4.27. The Hall–Kier alpha value is -3.63. The summed E-state index contributed by atoms with van der Waals surface area (Å²) in [6, 6.07) is 18.1. The van der Waals surface area contributed by atoms with Crippen LogP contribution in [0, 0.1) is 11.3 Å². The minimum Gasteiger partial charge on any atom is -0.383 e. The molecule has 0 aliphatic rings. The summed E-state index contributed by atoms with van der Waals surface area (Å²) in [7, 11) is 1.68. The fraction of sp³-hybridized carbons (Fsp3) is 0.433. The van der Waals surface area contributed by atoms with E-state index in [-0.39, 0.29) is 0 Å². The van der Waals surface area contributed by atoms with E-state index in [0.717, 1.165) is 56.3 Å². The molecule has 0 unspecified atom stereocenters. The van der Waals surface area contributed by atoms with Gasteiger partial charge >= 0.3 is 0 Å². The van der Waals surface area contributed by atoms with Crippen molar-refractivity contribution < 1.29 is 4.74 Å². The number of anilines is 1. The third-order valence-electron chi connectivity index (χ3n) is 6.34. The highest BCUT2D eigenvalue weighted by Gasteiger charge is 2.08. The van der Waals surface area contributed by atoms with Crippen molar-refractivity contribution in [2.24, 2.45) is 4.99 Å². The van der Waals surface area contributed by atoms with Gasteiger partial charge in [-0.15, -0.1) is 0 Å². The first-order chi connectivity index (χ1) is 18.1. The highest BCUT2D eigenvalue weighted by atomic mass is 16.5. The highest BCUT2D eigenvalue weighted by molar-refractivity contribution is 5.85. The average molecular weight is 501 g/mol. The van der Waals surface area contributed by atoms with Gasteiger partial charge in [0.1, 0.15) is 5.82 Å². The molecule has 4 N–H and O–H groups in total. The maximum atomic E-state index is 9.15. The monoisotopic (exact) mass is 500 g/mol. The van der Waals surface area contributed by atoms with Gasteiger partial charge in [-0.2, -0.15) is 5.26 Å². The first-order valence-electron chi connectivity index (χ1n) is 13.4. The lowest BCUT2D eigenvalue weighted by molar-refractivity contribution is 0.203. The number of hydrogen-bond donors (Lipinski definition) is 3. The number of nitrogens with two attached hydrogens (primary N) is 1. The molecule has 0 aliphatic carbocycles. The Morgan fingerprint density at radius 1 is 0.973 bits per heavy atom. The number of methoxy groups -OCH3 is 1. The largest absolute Gasteiger partial charge is 0.383 e. The molecular weight excluding hydrogens is 460 g/mol. The van der Waals surface area contributed by atoms with Crippen molar-refractivity contribution in [3.63, 3.8) is 0 Å². The number of nitrogens with zero attached hydrogens (tertiary/aromatic N) is 3. The number of hydrogen-bond acceptors (Lipinski definition) is 5. The van der Waals surface area contributed by atoms with Crippen LogP contribution in [0.25, 0.3) is 10.9 Å². The predicted octanol–water partition coefficient (Wildman–Crippen LogP) is 5.65. The molecule has 0 radical (unpaired) electrons. The molecule has 0 aliphatic heterocycles. The lowest BCUT2D eigenvalue weighted by atomic mass is 9.99. The van der Waals surface area contributed by atoms with E-state index in [1.54, 1.807) is 19.2 Å². The molecule has 0 fully saturated rings. The number of guanidine groups is 1. The van der Waals surface area contributed by atoms with E-state index in [0.29, 0.717) is 30.5 Å². The molecule has 0 spiro atoms. The second kappa shape index (κ2) is 15.5. The number of nitrogen functional groups attached to an aromatic ring is 1. The smallest absolute Gasteiger partial charge is 0.196 e. The quantitative estimate of drug-likeness (QED) is 0.150. The van der Waals surface area contributed by atoms with Gasteiger partial charge in [0.15, 0.2) is 5.96 Å². The van der Waals surface area contributed by atoms with Crippen molar-refractivity contribution in [3.05, 3.63) is 65.2 Å².